The molecule has 2 N–H and O–H groups in total. The number of benzene rings is 2. The zero-order valence-electron chi connectivity index (χ0n) is 12.2. The maximum absolute atomic E-state index is 6.14. The van der Waals surface area contributed by atoms with Gasteiger partial charge in [0.05, 0.1) is 12.6 Å². The number of nitrogens with two attached hydrogens (primary N) is 1. The molecule has 0 saturated heterocycles. The van der Waals surface area contributed by atoms with Gasteiger partial charge in [0.15, 0.2) is 5.96 Å². The fraction of sp³-hybridized carbons (Fsp3) is 0.235. The van der Waals surface area contributed by atoms with Gasteiger partial charge in [0.2, 0.25) is 0 Å². The molecule has 108 valence electrons. The molecule has 0 aliphatic carbocycles. The van der Waals surface area contributed by atoms with Gasteiger partial charge in [-0.2, -0.15) is 0 Å². The highest BCUT2D eigenvalue weighted by molar-refractivity contribution is 9.10. The number of anilines is 1. The lowest BCUT2D eigenvalue weighted by molar-refractivity contribution is 0.761. The second-order valence-electron chi connectivity index (χ2n) is 5.42. The molecule has 1 aliphatic rings. The molecule has 0 radical (unpaired) electrons. The number of nitrogens with zero attached hydrogens (tertiary/aromatic N) is 2. The maximum atomic E-state index is 6.14. The van der Waals surface area contributed by atoms with Crippen molar-refractivity contribution in [3.8, 4) is 0 Å². The average Bonchev–Trinajstić information content (AvgIpc) is 2.83. The van der Waals surface area contributed by atoms with Crippen molar-refractivity contribution in [2.75, 3.05) is 11.4 Å². The van der Waals surface area contributed by atoms with E-state index in [0.29, 0.717) is 12.5 Å². The smallest absolute Gasteiger partial charge is 0.196 e. The molecule has 0 bridgehead atoms. The van der Waals surface area contributed by atoms with Crippen LogP contribution >= 0.6 is 15.9 Å². The Morgan fingerprint density at radius 2 is 2.00 bits per heavy atom. The molecule has 2 aromatic carbocycles. The molecule has 0 saturated carbocycles. The number of rotatable bonds is 2. The molecule has 1 heterocycles. The third kappa shape index (κ3) is 2.68. The molecule has 0 spiro atoms. The van der Waals surface area contributed by atoms with E-state index in [1.807, 2.05) is 12.1 Å². The van der Waals surface area contributed by atoms with E-state index in [1.54, 1.807) is 0 Å². The predicted octanol–water partition coefficient (Wildman–Crippen LogP) is 3.94. The van der Waals surface area contributed by atoms with E-state index in [-0.39, 0.29) is 6.04 Å². The maximum Gasteiger partial charge on any atom is 0.196 e. The summed E-state index contributed by atoms with van der Waals surface area (Å²) in [6, 6.07) is 14.9. The van der Waals surface area contributed by atoms with Gasteiger partial charge < -0.3 is 10.6 Å². The topological polar surface area (TPSA) is 41.6 Å². The van der Waals surface area contributed by atoms with E-state index in [0.717, 1.165) is 10.2 Å². The summed E-state index contributed by atoms with van der Waals surface area (Å²) in [5.41, 5.74) is 11.0. The summed E-state index contributed by atoms with van der Waals surface area (Å²) in [6.45, 7) is 4.95. The van der Waals surface area contributed by atoms with Gasteiger partial charge in [0.25, 0.3) is 0 Å². The Hall–Kier alpha value is -1.81. The van der Waals surface area contributed by atoms with Crippen LogP contribution < -0.4 is 10.6 Å². The van der Waals surface area contributed by atoms with Gasteiger partial charge in [-0.05, 0) is 43.2 Å². The Morgan fingerprint density at radius 1 is 1.19 bits per heavy atom. The van der Waals surface area contributed by atoms with Crippen LogP contribution in [-0.4, -0.2) is 12.5 Å². The van der Waals surface area contributed by atoms with E-state index >= 15 is 0 Å². The Labute approximate surface area is 133 Å². The lowest BCUT2D eigenvalue weighted by Gasteiger charge is -2.28. The van der Waals surface area contributed by atoms with Gasteiger partial charge in [-0.1, -0.05) is 45.8 Å². The first-order chi connectivity index (χ1) is 10.1. The Balaban J connectivity index is 2.05. The zero-order valence-corrected chi connectivity index (χ0v) is 13.8. The van der Waals surface area contributed by atoms with E-state index < -0.39 is 0 Å². The van der Waals surface area contributed by atoms with Crippen molar-refractivity contribution >= 4 is 27.6 Å². The van der Waals surface area contributed by atoms with Crippen LogP contribution in [0.25, 0.3) is 0 Å². The van der Waals surface area contributed by atoms with Crippen LogP contribution in [0.3, 0.4) is 0 Å². The molecule has 4 heteroatoms. The van der Waals surface area contributed by atoms with Gasteiger partial charge in [-0.25, -0.2) is 0 Å². The first-order valence-electron chi connectivity index (χ1n) is 6.98. The van der Waals surface area contributed by atoms with Gasteiger partial charge in [0, 0.05) is 10.2 Å². The fourth-order valence-corrected chi connectivity index (χ4v) is 3.18. The third-order valence-corrected chi connectivity index (χ3v) is 4.36. The zero-order chi connectivity index (χ0) is 15.0. The molecule has 1 atom stereocenters. The summed E-state index contributed by atoms with van der Waals surface area (Å²) in [4.78, 5) is 6.57. The normalized spacial score (nSPS) is 18.0. The van der Waals surface area contributed by atoms with Gasteiger partial charge in [-0.3, -0.25) is 4.99 Å². The largest absolute Gasteiger partial charge is 0.369 e. The fourth-order valence-electron chi connectivity index (χ4n) is 2.79. The highest BCUT2D eigenvalue weighted by Gasteiger charge is 2.29. The number of halogens is 1. The van der Waals surface area contributed by atoms with Crippen LogP contribution in [0.4, 0.5) is 5.69 Å². The highest BCUT2D eigenvalue weighted by Crippen LogP contribution is 2.34. The standard InChI is InChI=1S/C17H18BrN3/c1-11-6-7-12(2)15(8-11)16-10-20-17(19)21(16)14-5-3-4-13(18)9-14/h3-9,16H,10H2,1-2H3,(H2,19,20). The number of aryl methyl sites for hydroxylation is 2. The second-order valence-corrected chi connectivity index (χ2v) is 6.34. The summed E-state index contributed by atoms with van der Waals surface area (Å²) in [5.74, 6) is 0.582. The summed E-state index contributed by atoms with van der Waals surface area (Å²) in [7, 11) is 0. The SMILES string of the molecule is Cc1ccc(C)c(C2CN=C(N)N2c2cccc(Br)c2)c1. The van der Waals surface area contributed by atoms with E-state index in [9.17, 15) is 0 Å². The molecule has 0 amide bonds. The van der Waals surface area contributed by atoms with Crippen LogP contribution in [0, 0.1) is 13.8 Å². The van der Waals surface area contributed by atoms with Crippen LogP contribution in [0.15, 0.2) is 51.9 Å². The Morgan fingerprint density at radius 3 is 2.76 bits per heavy atom. The minimum absolute atomic E-state index is 0.166. The summed E-state index contributed by atoms with van der Waals surface area (Å²) >= 11 is 3.52. The molecular formula is C17H18BrN3. The molecule has 0 aromatic heterocycles. The first-order valence-corrected chi connectivity index (χ1v) is 7.77. The van der Waals surface area contributed by atoms with Crippen molar-refractivity contribution in [2.24, 2.45) is 10.7 Å². The number of guanidine groups is 1. The minimum atomic E-state index is 0.166. The van der Waals surface area contributed by atoms with Crippen molar-refractivity contribution < 1.29 is 0 Å². The molecule has 0 fully saturated rings. The van der Waals surface area contributed by atoms with Crippen molar-refractivity contribution in [3.05, 3.63) is 63.6 Å². The second kappa shape index (κ2) is 5.53. The van der Waals surface area contributed by atoms with Gasteiger partial charge >= 0.3 is 0 Å². The van der Waals surface area contributed by atoms with Gasteiger partial charge in [0.1, 0.15) is 0 Å². The van der Waals surface area contributed by atoms with E-state index in [4.69, 9.17) is 5.73 Å². The number of hydrogen-bond acceptors (Lipinski definition) is 3. The van der Waals surface area contributed by atoms with Crippen LogP contribution in [0.5, 0.6) is 0 Å². The molecule has 3 rings (SSSR count). The lowest BCUT2D eigenvalue weighted by Crippen LogP contribution is -2.36. The van der Waals surface area contributed by atoms with Crippen molar-refractivity contribution in [1.82, 2.24) is 0 Å². The molecule has 21 heavy (non-hydrogen) atoms. The minimum Gasteiger partial charge on any atom is -0.369 e. The van der Waals surface area contributed by atoms with E-state index in [1.165, 1.54) is 16.7 Å². The summed E-state index contributed by atoms with van der Waals surface area (Å²) in [6.07, 6.45) is 0. The Bertz CT molecular complexity index is 709. The van der Waals surface area contributed by atoms with Crippen LogP contribution in [0.1, 0.15) is 22.7 Å². The van der Waals surface area contributed by atoms with Crippen LogP contribution in [0.2, 0.25) is 0 Å². The summed E-state index contributed by atoms with van der Waals surface area (Å²) in [5, 5.41) is 0. The molecule has 3 nitrogen and oxygen atoms in total. The van der Waals surface area contributed by atoms with Gasteiger partial charge in [-0.15, -0.1) is 0 Å². The predicted molar refractivity (Wildman–Crippen MR) is 91.8 cm³/mol. The quantitative estimate of drug-likeness (QED) is 0.897. The average molecular weight is 344 g/mol. The molecular weight excluding hydrogens is 326 g/mol. The highest BCUT2D eigenvalue weighted by atomic mass is 79.9. The first kappa shape index (κ1) is 14.1. The van der Waals surface area contributed by atoms with Crippen molar-refractivity contribution in [1.29, 1.82) is 0 Å². The van der Waals surface area contributed by atoms with Crippen LogP contribution in [-0.2, 0) is 0 Å². The number of aliphatic imine (C=N–C) groups is 1. The van der Waals surface area contributed by atoms with E-state index in [2.05, 4.69) is 70.0 Å². The van der Waals surface area contributed by atoms with Crippen molar-refractivity contribution in [3.63, 3.8) is 0 Å². The monoisotopic (exact) mass is 343 g/mol. The lowest BCUT2D eigenvalue weighted by atomic mass is 9.98. The number of hydrogen-bond donors (Lipinski definition) is 1. The third-order valence-electron chi connectivity index (χ3n) is 3.86. The molecule has 1 aliphatic heterocycles. The molecule has 1 unspecified atom stereocenters. The molecule has 2 aromatic rings. The Kier molecular flexibility index (Phi) is 3.72. The summed E-state index contributed by atoms with van der Waals surface area (Å²) < 4.78 is 1.04. The van der Waals surface area contributed by atoms with Crippen molar-refractivity contribution in [2.45, 2.75) is 19.9 Å².